The lowest BCUT2D eigenvalue weighted by Gasteiger charge is -2.02. The predicted octanol–water partition coefficient (Wildman–Crippen LogP) is 5.01. The molecular weight excluding hydrogens is 409 g/mol. The Balaban J connectivity index is 1.68. The first-order valence-corrected chi connectivity index (χ1v) is 10.8. The van der Waals surface area contributed by atoms with Crippen molar-refractivity contribution in [1.82, 2.24) is 10.2 Å². The van der Waals surface area contributed by atoms with Gasteiger partial charge in [-0.25, -0.2) is 8.42 Å². The Bertz CT molecular complexity index is 942. The third-order valence-corrected chi connectivity index (χ3v) is 6.33. The molecule has 5 nitrogen and oxygen atoms in total. The number of nitrogens with one attached hydrogen (secondary N) is 1. The molecule has 0 saturated heterocycles. The van der Waals surface area contributed by atoms with E-state index in [1.165, 1.54) is 35.2 Å². The molecule has 0 fully saturated rings. The fraction of sp³-hybridized carbons (Fsp3) is 0. The molecule has 2 aromatic carbocycles. The van der Waals surface area contributed by atoms with Gasteiger partial charge >= 0.3 is 0 Å². The van der Waals surface area contributed by atoms with E-state index in [9.17, 15) is 8.42 Å². The molecule has 0 aliphatic heterocycles. The average Bonchev–Trinajstić information content (AvgIpc) is 2.96. The van der Waals surface area contributed by atoms with Crippen LogP contribution in [-0.4, -0.2) is 18.6 Å². The van der Waals surface area contributed by atoms with Gasteiger partial charge in [0.2, 0.25) is 5.13 Å². The van der Waals surface area contributed by atoms with Crippen molar-refractivity contribution in [3.8, 4) is 0 Å². The van der Waals surface area contributed by atoms with E-state index < -0.39 is 9.05 Å². The number of hydrogen-bond acceptors (Lipinski definition) is 7. The molecule has 0 spiro atoms. The monoisotopic (exact) mass is 417 g/mol. The van der Waals surface area contributed by atoms with Crippen LogP contribution >= 0.6 is 45.4 Å². The second kappa shape index (κ2) is 7.28. The lowest BCUT2D eigenvalue weighted by atomic mass is 10.3. The van der Waals surface area contributed by atoms with Crippen LogP contribution in [0.1, 0.15) is 0 Å². The predicted molar refractivity (Wildman–Crippen MR) is 98.2 cm³/mol. The summed E-state index contributed by atoms with van der Waals surface area (Å²) in [6.07, 6.45) is 0. The highest BCUT2D eigenvalue weighted by Crippen LogP contribution is 2.33. The maximum atomic E-state index is 11.2. The summed E-state index contributed by atoms with van der Waals surface area (Å²) in [7, 11) is 1.56. The van der Waals surface area contributed by atoms with Crippen molar-refractivity contribution >= 4 is 65.3 Å². The fourth-order valence-corrected chi connectivity index (χ4v) is 4.37. The second-order valence-electron chi connectivity index (χ2n) is 4.52. The van der Waals surface area contributed by atoms with Crippen LogP contribution in [0.4, 0.5) is 10.8 Å². The Labute approximate surface area is 156 Å². The molecule has 0 aliphatic rings. The molecule has 124 valence electrons. The lowest BCUT2D eigenvalue weighted by Crippen LogP contribution is -1.92. The van der Waals surface area contributed by atoms with Gasteiger partial charge in [0, 0.05) is 26.3 Å². The topological polar surface area (TPSA) is 72.0 Å². The van der Waals surface area contributed by atoms with Gasteiger partial charge in [-0.3, -0.25) is 0 Å². The highest BCUT2D eigenvalue weighted by atomic mass is 35.7. The minimum Gasteiger partial charge on any atom is -0.330 e. The molecule has 1 N–H and O–H groups in total. The summed E-state index contributed by atoms with van der Waals surface area (Å²) in [5.41, 5.74) is 0.693. The summed E-state index contributed by atoms with van der Waals surface area (Å²) < 4.78 is 23.2. The first kappa shape index (κ1) is 17.5. The van der Waals surface area contributed by atoms with Gasteiger partial charge in [-0.15, -0.1) is 10.2 Å². The fourth-order valence-electron chi connectivity index (χ4n) is 1.73. The summed E-state index contributed by atoms with van der Waals surface area (Å²) in [6.45, 7) is 0. The Kier molecular flexibility index (Phi) is 5.31. The molecule has 0 atom stereocenters. The minimum atomic E-state index is -3.72. The first-order chi connectivity index (χ1) is 11.4. The van der Waals surface area contributed by atoms with Gasteiger partial charge in [-0.2, -0.15) is 0 Å². The first-order valence-electron chi connectivity index (χ1n) is 6.49. The Morgan fingerprint density at radius 2 is 1.67 bits per heavy atom. The summed E-state index contributed by atoms with van der Waals surface area (Å²) in [6, 6.07) is 13.5. The summed E-state index contributed by atoms with van der Waals surface area (Å²) in [5, 5.41) is 12.5. The van der Waals surface area contributed by atoms with Crippen molar-refractivity contribution in [3.63, 3.8) is 0 Å². The molecular formula is C14H9Cl2N3O2S3. The molecule has 1 heterocycles. The zero-order valence-electron chi connectivity index (χ0n) is 11.8. The van der Waals surface area contributed by atoms with Crippen molar-refractivity contribution in [3.05, 3.63) is 53.6 Å². The zero-order valence-corrected chi connectivity index (χ0v) is 15.8. The number of aromatic nitrogens is 2. The Morgan fingerprint density at radius 1 is 1.00 bits per heavy atom. The lowest BCUT2D eigenvalue weighted by molar-refractivity contribution is 0.609. The van der Waals surface area contributed by atoms with Gasteiger partial charge in [-0.05, 0) is 48.5 Å². The van der Waals surface area contributed by atoms with Gasteiger partial charge in [0.05, 0.1) is 4.90 Å². The largest absolute Gasteiger partial charge is 0.330 e. The van der Waals surface area contributed by atoms with Crippen LogP contribution in [0.5, 0.6) is 0 Å². The second-order valence-corrected chi connectivity index (χ2v) is 9.82. The molecule has 0 amide bonds. The van der Waals surface area contributed by atoms with E-state index in [0.717, 1.165) is 9.24 Å². The number of hydrogen-bond donors (Lipinski definition) is 1. The molecule has 1 aromatic heterocycles. The van der Waals surface area contributed by atoms with Crippen molar-refractivity contribution in [2.24, 2.45) is 0 Å². The molecule has 3 aromatic rings. The maximum Gasteiger partial charge on any atom is 0.261 e. The standard InChI is InChI=1S/C14H9Cl2N3O2S3/c15-9-1-5-11(6-2-9)22-14-19-18-13(23-14)17-10-3-7-12(8-4-10)24(16,20)21/h1-8H,(H,17,18). The van der Waals surface area contributed by atoms with Crippen LogP contribution in [0, 0.1) is 0 Å². The third kappa shape index (κ3) is 4.61. The van der Waals surface area contributed by atoms with Gasteiger partial charge in [0.1, 0.15) is 0 Å². The number of benzene rings is 2. The number of halogens is 2. The van der Waals surface area contributed by atoms with E-state index in [0.29, 0.717) is 15.8 Å². The van der Waals surface area contributed by atoms with Gasteiger partial charge in [0.25, 0.3) is 9.05 Å². The molecule has 24 heavy (non-hydrogen) atoms. The maximum absolute atomic E-state index is 11.2. The normalized spacial score (nSPS) is 11.4. The van der Waals surface area contributed by atoms with E-state index in [1.807, 2.05) is 24.3 Å². The van der Waals surface area contributed by atoms with Crippen molar-refractivity contribution in [2.45, 2.75) is 14.1 Å². The minimum absolute atomic E-state index is 0.0472. The molecule has 10 heteroatoms. The van der Waals surface area contributed by atoms with Gasteiger partial charge in [-0.1, -0.05) is 34.7 Å². The van der Waals surface area contributed by atoms with Crippen molar-refractivity contribution in [2.75, 3.05) is 5.32 Å². The molecule has 0 unspecified atom stereocenters. The van der Waals surface area contributed by atoms with E-state index in [4.69, 9.17) is 22.3 Å². The SMILES string of the molecule is O=S(=O)(Cl)c1ccc(Nc2nnc(Sc3ccc(Cl)cc3)s2)cc1. The number of rotatable bonds is 5. The van der Waals surface area contributed by atoms with Crippen LogP contribution in [0.25, 0.3) is 0 Å². The molecule has 0 bridgehead atoms. The van der Waals surface area contributed by atoms with Crippen LogP contribution in [0.3, 0.4) is 0 Å². The highest BCUT2D eigenvalue weighted by Gasteiger charge is 2.10. The van der Waals surface area contributed by atoms with Crippen LogP contribution in [0.2, 0.25) is 5.02 Å². The zero-order chi connectivity index (χ0) is 17.2. The number of anilines is 2. The summed E-state index contributed by atoms with van der Waals surface area (Å²) in [4.78, 5) is 1.06. The third-order valence-electron chi connectivity index (χ3n) is 2.81. The Hall–Kier alpha value is -1.32. The van der Waals surface area contributed by atoms with Crippen molar-refractivity contribution < 1.29 is 8.42 Å². The highest BCUT2D eigenvalue weighted by molar-refractivity contribution is 8.13. The van der Waals surface area contributed by atoms with Gasteiger partial charge in [0.15, 0.2) is 4.34 Å². The van der Waals surface area contributed by atoms with Crippen LogP contribution in [-0.2, 0) is 9.05 Å². The molecule has 3 rings (SSSR count). The molecule has 0 saturated carbocycles. The smallest absolute Gasteiger partial charge is 0.261 e. The van der Waals surface area contributed by atoms with E-state index in [2.05, 4.69) is 15.5 Å². The van der Waals surface area contributed by atoms with E-state index in [-0.39, 0.29) is 4.90 Å². The Morgan fingerprint density at radius 3 is 2.29 bits per heavy atom. The average molecular weight is 418 g/mol. The number of nitrogens with zero attached hydrogens (tertiary/aromatic N) is 2. The van der Waals surface area contributed by atoms with E-state index in [1.54, 1.807) is 12.1 Å². The quantitative estimate of drug-likeness (QED) is 0.587. The van der Waals surface area contributed by atoms with Crippen LogP contribution < -0.4 is 5.32 Å². The summed E-state index contributed by atoms with van der Waals surface area (Å²) in [5.74, 6) is 0. The van der Waals surface area contributed by atoms with Gasteiger partial charge < -0.3 is 5.32 Å². The van der Waals surface area contributed by atoms with Crippen LogP contribution in [0.15, 0.2) is 62.7 Å². The summed E-state index contributed by atoms with van der Waals surface area (Å²) >= 11 is 8.73. The molecule has 0 aliphatic carbocycles. The van der Waals surface area contributed by atoms with E-state index >= 15 is 0 Å². The van der Waals surface area contributed by atoms with Crippen molar-refractivity contribution in [1.29, 1.82) is 0 Å². The molecule has 0 radical (unpaired) electrons.